The van der Waals surface area contributed by atoms with Gasteiger partial charge in [-0.05, 0) is 18.9 Å². The number of nitro groups is 1. The Labute approximate surface area is 112 Å². The summed E-state index contributed by atoms with van der Waals surface area (Å²) in [5.74, 6) is -3.47. The van der Waals surface area contributed by atoms with Crippen molar-refractivity contribution < 1.29 is 23.6 Å². The van der Waals surface area contributed by atoms with E-state index in [1.807, 2.05) is 0 Å². The fourth-order valence-electron chi connectivity index (χ4n) is 2.31. The predicted octanol–water partition coefficient (Wildman–Crippen LogP) is 1.47. The summed E-state index contributed by atoms with van der Waals surface area (Å²) in [4.78, 5) is 23.4. The molecule has 1 aromatic carbocycles. The Kier molecular flexibility index (Phi) is 3.93. The number of nitro benzene ring substituents is 1. The average molecular weight is 286 g/mol. The molecule has 0 bridgehead atoms. The zero-order chi connectivity index (χ0) is 14.9. The minimum absolute atomic E-state index is 0.275. The van der Waals surface area contributed by atoms with E-state index in [1.165, 1.54) is 4.90 Å². The number of hydrogen-bond acceptors (Lipinski definition) is 4. The molecular formula is C12H12F2N2O4. The van der Waals surface area contributed by atoms with Gasteiger partial charge in [-0.15, -0.1) is 0 Å². The summed E-state index contributed by atoms with van der Waals surface area (Å²) in [6.45, 7) is 0.0451. The van der Waals surface area contributed by atoms with Crippen molar-refractivity contribution in [3.05, 3.63) is 39.4 Å². The number of rotatable bonds is 3. The predicted molar refractivity (Wildman–Crippen MR) is 64.2 cm³/mol. The van der Waals surface area contributed by atoms with Gasteiger partial charge in [-0.1, -0.05) is 0 Å². The summed E-state index contributed by atoms with van der Waals surface area (Å²) in [7, 11) is 0. The van der Waals surface area contributed by atoms with E-state index in [4.69, 9.17) is 5.11 Å². The SMILES string of the molecule is O=C(c1cc(F)c(F)cc1[N+](=O)[O-])N1CCCC1CO. The molecule has 8 heteroatoms. The average Bonchev–Trinajstić information content (AvgIpc) is 2.88. The van der Waals surface area contributed by atoms with Gasteiger partial charge in [-0.3, -0.25) is 14.9 Å². The van der Waals surface area contributed by atoms with E-state index >= 15 is 0 Å². The maximum absolute atomic E-state index is 13.2. The van der Waals surface area contributed by atoms with Gasteiger partial charge in [0.25, 0.3) is 11.6 Å². The number of aliphatic hydroxyl groups is 1. The van der Waals surface area contributed by atoms with E-state index in [0.29, 0.717) is 31.5 Å². The zero-order valence-corrected chi connectivity index (χ0v) is 10.4. The molecule has 1 amide bonds. The second kappa shape index (κ2) is 5.49. The van der Waals surface area contributed by atoms with E-state index in [0.717, 1.165) is 0 Å². The Balaban J connectivity index is 2.43. The van der Waals surface area contributed by atoms with Crippen LogP contribution in [-0.2, 0) is 0 Å². The topological polar surface area (TPSA) is 83.7 Å². The highest BCUT2D eigenvalue weighted by atomic mass is 19.2. The molecule has 1 saturated heterocycles. The van der Waals surface area contributed by atoms with Crippen LogP contribution in [-0.4, -0.2) is 40.0 Å². The molecule has 0 saturated carbocycles. The Morgan fingerprint density at radius 2 is 2.10 bits per heavy atom. The summed E-state index contributed by atoms with van der Waals surface area (Å²) >= 11 is 0. The third-order valence-electron chi connectivity index (χ3n) is 3.31. The number of hydrogen-bond donors (Lipinski definition) is 1. The molecule has 1 atom stereocenters. The first-order valence-electron chi connectivity index (χ1n) is 6.01. The lowest BCUT2D eigenvalue weighted by atomic mass is 10.1. The van der Waals surface area contributed by atoms with Crippen LogP contribution in [0, 0.1) is 21.7 Å². The molecule has 2 rings (SSSR count). The molecule has 1 heterocycles. The molecule has 0 spiro atoms. The Bertz CT molecular complexity index is 565. The quantitative estimate of drug-likeness (QED) is 0.673. The first-order chi connectivity index (χ1) is 9.45. The standard InChI is InChI=1S/C12H12F2N2O4/c13-9-4-8(11(16(19)20)5-10(9)14)12(18)15-3-1-2-7(15)6-17/h4-5,7,17H,1-3,6H2. The van der Waals surface area contributed by atoms with Crippen molar-refractivity contribution in [3.63, 3.8) is 0 Å². The lowest BCUT2D eigenvalue weighted by Crippen LogP contribution is -2.38. The van der Waals surface area contributed by atoms with Gasteiger partial charge < -0.3 is 10.0 Å². The van der Waals surface area contributed by atoms with Crippen LogP contribution >= 0.6 is 0 Å². The number of carbonyl (C=O) groups is 1. The molecule has 1 aromatic rings. The van der Waals surface area contributed by atoms with E-state index < -0.39 is 39.8 Å². The molecule has 108 valence electrons. The van der Waals surface area contributed by atoms with Crippen LogP contribution in [0.4, 0.5) is 14.5 Å². The number of likely N-dealkylation sites (tertiary alicyclic amines) is 1. The molecule has 20 heavy (non-hydrogen) atoms. The summed E-state index contributed by atoms with van der Waals surface area (Å²) < 4.78 is 26.3. The van der Waals surface area contributed by atoms with Crippen molar-refractivity contribution in [3.8, 4) is 0 Å². The number of aliphatic hydroxyl groups excluding tert-OH is 1. The fourth-order valence-corrected chi connectivity index (χ4v) is 2.31. The normalized spacial score (nSPS) is 18.4. The highest BCUT2D eigenvalue weighted by Crippen LogP contribution is 2.27. The Morgan fingerprint density at radius 1 is 1.45 bits per heavy atom. The summed E-state index contributed by atoms with van der Waals surface area (Å²) in [6, 6.07) is 0.477. The first kappa shape index (κ1) is 14.3. The van der Waals surface area contributed by atoms with Gasteiger partial charge >= 0.3 is 0 Å². The first-order valence-corrected chi connectivity index (χ1v) is 6.01. The lowest BCUT2D eigenvalue weighted by molar-refractivity contribution is -0.385. The van der Waals surface area contributed by atoms with Crippen LogP contribution in [0.1, 0.15) is 23.2 Å². The summed E-state index contributed by atoms with van der Waals surface area (Å²) in [5.41, 5.74) is -1.29. The van der Waals surface area contributed by atoms with Gasteiger partial charge in [0.2, 0.25) is 0 Å². The highest BCUT2D eigenvalue weighted by molar-refractivity contribution is 5.98. The smallest absolute Gasteiger partial charge is 0.285 e. The number of halogens is 2. The van der Waals surface area contributed by atoms with Crippen LogP contribution in [0.15, 0.2) is 12.1 Å². The van der Waals surface area contributed by atoms with E-state index in [2.05, 4.69) is 0 Å². The molecule has 0 aromatic heterocycles. The Morgan fingerprint density at radius 3 is 2.70 bits per heavy atom. The zero-order valence-electron chi connectivity index (χ0n) is 10.4. The van der Waals surface area contributed by atoms with Crippen molar-refractivity contribution in [2.45, 2.75) is 18.9 Å². The Hall–Kier alpha value is -2.09. The van der Waals surface area contributed by atoms with Crippen LogP contribution in [0.2, 0.25) is 0 Å². The minimum Gasteiger partial charge on any atom is -0.394 e. The highest BCUT2D eigenvalue weighted by Gasteiger charge is 2.33. The molecule has 1 fully saturated rings. The summed E-state index contributed by atoms with van der Waals surface area (Å²) in [6.07, 6.45) is 1.22. The molecule has 1 aliphatic rings. The van der Waals surface area contributed by atoms with Gasteiger partial charge in [0.15, 0.2) is 11.6 Å². The fraction of sp³-hybridized carbons (Fsp3) is 0.417. The molecule has 1 aliphatic heterocycles. The van der Waals surface area contributed by atoms with Crippen molar-refractivity contribution in [1.82, 2.24) is 4.90 Å². The number of nitrogens with zero attached hydrogens (tertiary/aromatic N) is 2. The van der Waals surface area contributed by atoms with Crippen molar-refractivity contribution in [2.24, 2.45) is 0 Å². The van der Waals surface area contributed by atoms with Crippen LogP contribution in [0.25, 0.3) is 0 Å². The maximum Gasteiger partial charge on any atom is 0.285 e. The molecule has 0 aliphatic carbocycles. The van der Waals surface area contributed by atoms with E-state index in [-0.39, 0.29) is 6.61 Å². The molecule has 1 unspecified atom stereocenters. The summed E-state index contributed by atoms with van der Waals surface area (Å²) in [5, 5.41) is 20.0. The van der Waals surface area contributed by atoms with Crippen LogP contribution in [0.3, 0.4) is 0 Å². The maximum atomic E-state index is 13.2. The van der Waals surface area contributed by atoms with Crippen LogP contribution in [0.5, 0.6) is 0 Å². The van der Waals surface area contributed by atoms with Crippen LogP contribution < -0.4 is 0 Å². The van der Waals surface area contributed by atoms with Crippen molar-refractivity contribution in [1.29, 1.82) is 0 Å². The second-order valence-corrected chi connectivity index (χ2v) is 4.52. The van der Waals surface area contributed by atoms with Crippen molar-refractivity contribution in [2.75, 3.05) is 13.2 Å². The largest absolute Gasteiger partial charge is 0.394 e. The van der Waals surface area contributed by atoms with Gasteiger partial charge in [-0.25, -0.2) is 8.78 Å². The van der Waals surface area contributed by atoms with E-state index in [9.17, 15) is 23.7 Å². The number of amides is 1. The molecule has 6 nitrogen and oxygen atoms in total. The van der Waals surface area contributed by atoms with Gasteiger partial charge in [0.1, 0.15) is 5.56 Å². The third kappa shape index (κ3) is 2.46. The molecular weight excluding hydrogens is 274 g/mol. The van der Waals surface area contributed by atoms with Gasteiger partial charge in [-0.2, -0.15) is 0 Å². The lowest BCUT2D eigenvalue weighted by Gasteiger charge is -2.22. The van der Waals surface area contributed by atoms with Gasteiger partial charge in [0, 0.05) is 6.54 Å². The second-order valence-electron chi connectivity index (χ2n) is 4.52. The van der Waals surface area contributed by atoms with E-state index in [1.54, 1.807) is 0 Å². The molecule has 0 radical (unpaired) electrons. The third-order valence-corrected chi connectivity index (χ3v) is 3.31. The van der Waals surface area contributed by atoms with Crippen molar-refractivity contribution >= 4 is 11.6 Å². The van der Waals surface area contributed by atoms with Gasteiger partial charge in [0.05, 0.1) is 23.6 Å². The minimum atomic E-state index is -1.38. The monoisotopic (exact) mass is 286 g/mol. The molecule has 1 N–H and O–H groups in total. The number of carbonyl (C=O) groups excluding carboxylic acids is 1. The number of benzene rings is 1.